The van der Waals surface area contributed by atoms with E-state index < -0.39 is 0 Å². The lowest BCUT2D eigenvalue weighted by Gasteiger charge is -2.10. The molecule has 1 aliphatic rings. The number of hydrogen-bond acceptors (Lipinski definition) is 2. The highest BCUT2D eigenvalue weighted by molar-refractivity contribution is 6.30. The van der Waals surface area contributed by atoms with E-state index in [1.54, 1.807) is 24.3 Å². The van der Waals surface area contributed by atoms with E-state index in [9.17, 15) is 4.79 Å². The van der Waals surface area contributed by atoms with Gasteiger partial charge in [-0.1, -0.05) is 23.2 Å². The Balaban J connectivity index is 1.95. The predicted molar refractivity (Wildman–Crippen MR) is 97.9 cm³/mol. The van der Waals surface area contributed by atoms with Gasteiger partial charge in [-0.05, 0) is 68.3 Å². The number of hydrogen-bond donors (Lipinski definition) is 1. The zero-order valence-electron chi connectivity index (χ0n) is 13.6. The van der Waals surface area contributed by atoms with Gasteiger partial charge in [-0.15, -0.1) is 0 Å². The highest BCUT2D eigenvalue weighted by Gasteiger charge is 2.23. The number of nitrogens with one attached hydrogen (secondary N) is 1. The molecule has 0 aliphatic carbocycles. The van der Waals surface area contributed by atoms with Crippen LogP contribution in [0.2, 0.25) is 5.02 Å². The van der Waals surface area contributed by atoms with E-state index >= 15 is 0 Å². The summed E-state index contributed by atoms with van der Waals surface area (Å²) in [6.07, 6.45) is 1.95. The number of aryl methyl sites for hydroxylation is 1. The van der Waals surface area contributed by atoms with E-state index in [0.29, 0.717) is 10.6 Å². The Labute approximate surface area is 146 Å². The molecule has 0 saturated heterocycles. The normalized spacial score (nSPS) is 14.4. The van der Waals surface area contributed by atoms with Gasteiger partial charge >= 0.3 is 0 Å². The quantitative estimate of drug-likeness (QED) is 0.716. The van der Waals surface area contributed by atoms with Crippen LogP contribution in [0.3, 0.4) is 0 Å². The van der Waals surface area contributed by atoms with Gasteiger partial charge in [0.15, 0.2) is 0 Å². The lowest BCUT2D eigenvalue weighted by molar-refractivity contribution is 0.0962. The number of aromatic nitrogens is 1. The Morgan fingerprint density at radius 1 is 1.17 bits per heavy atom. The van der Waals surface area contributed by atoms with Gasteiger partial charge < -0.3 is 5.32 Å². The van der Waals surface area contributed by atoms with Crippen LogP contribution in [0.15, 0.2) is 42.5 Å². The van der Waals surface area contributed by atoms with E-state index in [0.717, 1.165) is 37.1 Å². The molecule has 0 amide bonds. The van der Waals surface area contributed by atoms with Gasteiger partial charge in [0.2, 0.25) is 0 Å². The second kappa shape index (κ2) is 6.08. The summed E-state index contributed by atoms with van der Waals surface area (Å²) >= 11 is 5.96. The number of fused-ring (bicyclic) bond motifs is 3. The number of carbonyl (C=O) groups excluding carboxylic acids is 1. The molecule has 0 atom stereocenters. The molecular formula is C20H19ClN2O. The predicted octanol–water partition coefficient (Wildman–Crippen LogP) is 4.33. The van der Waals surface area contributed by atoms with Crippen molar-refractivity contribution in [2.24, 2.45) is 0 Å². The Kier molecular flexibility index (Phi) is 3.91. The molecule has 0 spiro atoms. The zero-order chi connectivity index (χ0) is 16.7. The van der Waals surface area contributed by atoms with Crippen molar-refractivity contribution >= 4 is 28.4 Å². The maximum absolute atomic E-state index is 13.2. The Morgan fingerprint density at radius 3 is 2.75 bits per heavy atom. The summed E-state index contributed by atoms with van der Waals surface area (Å²) in [6.45, 7) is 3.89. The molecule has 122 valence electrons. The monoisotopic (exact) mass is 338 g/mol. The maximum atomic E-state index is 13.2. The zero-order valence-corrected chi connectivity index (χ0v) is 14.4. The minimum Gasteiger partial charge on any atom is -0.313 e. The first-order valence-corrected chi connectivity index (χ1v) is 8.67. The molecule has 24 heavy (non-hydrogen) atoms. The van der Waals surface area contributed by atoms with Crippen LogP contribution in [0, 0.1) is 6.92 Å². The van der Waals surface area contributed by atoms with Crippen LogP contribution in [0.25, 0.3) is 10.9 Å². The van der Waals surface area contributed by atoms with E-state index in [4.69, 9.17) is 11.6 Å². The molecule has 0 fully saturated rings. The molecular weight excluding hydrogens is 320 g/mol. The van der Waals surface area contributed by atoms with Crippen molar-refractivity contribution in [3.63, 3.8) is 0 Å². The van der Waals surface area contributed by atoms with Crippen molar-refractivity contribution in [2.75, 3.05) is 6.54 Å². The first-order chi connectivity index (χ1) is 11.6. The molecule has 0 bridgehead atoms. The standard InChI is InChI=1S/C20H19ClN2O/c1-13-4-9-19-16(11-13)17-12-22-10-2-3-18(17)23(19)20(24)14-5-7-15(21)8-6-14/h4-9,11,22H,2-3,10,12H2,1H3. The van der Waals surface area contributed by atoms with Gasteiger partial charge in [0.25, 0.3) is 5.91 Å². The fourth-order valence-electron chi connectivity index (χ4n) is 3.53. The van der Waals surface area contributed by atoms with E-state index in [1.165, 1.54) is 16.5 Å². The number of halogens is 1. The summed E-state index contributed by atoms with van der Waals surface area (Å²) in [7, 11) is 0. The largest absolute Gasteiger partial charge is 0.313 e. The smallest absolute Gasteiger partial charge is 0.262 e. The van der Waals surface area contributed by atoms with Gasteiger partial charge in [-0.2, -0.15) is 0 Å². The maximum Gasteiger partial charge on any atom is 0.262 e. The molecule has 2 heterocycles. The Hall–Kier alpha value is -2.10. The minimum absolute atomic E-state index is 0.0173. The average Bonchev–Trinajstić information content (AvgIpc) is 2.73. The third kappa shape index (κ3) is 2.54. The molecule has 1 aromatic heterocycles. The van der Waals surface area contributed by atoms with Crippen LogP contribution in [0.1, 0.15) is 33.6 Å². The van der Waals surface area contributed by atoms with Crippen LogP contribution < -0.4 is 5.32 Å². The van der Waals surface area contributed by atoms with Gasteiger partial charge in [0.05, 0.1) is 5.52 Å². The summed E-state index contributed by atoms with van der Waals surface area (Å²) in [5.74, 6) is 0.0173. The van der Waals surface area contributed by atoms with Crippen molar-refractivity contribution in [1.82, 2.24) is 9.88 Å². The van der Waals surface area contributed by atoms with Crippen molar-refractivity contribution in [3.8, 4) is 0 Å². The molecule has 1 aliphatic heterocycles. The third-order valence-corrected chi connectivity index (χ3v) is 4.95. The summed E-state index contributed by atoms with van der Waals surface area (Å²) in [4.78, 5) is 13.2. The van der Waals surface area contributed by atoms with E-state index in [-0.39, 0.29) is 5.91 Å². The highest BCUT2D eigenvalue weighted by atomic mass is 35.5. The first kappa shape index (κ1) is 15.4. The summed E-state index contributed by atoms with van der Waals surface area (Å²) in [5, 5.41) is 5.30. The number of benzene rings is 2. The summed E-state index contributed by atoms with van der Waals surface area (Å²) in [6, 6.07) is 13.5. The molecule has 0 unspecified atom stereocenters. The molecule has 3 nitrogen and oxygen atoms in total. The molecule has 3 aromatic rings. The second-order valence-electron chi connectivity index (χ2n) is 6.37. The average molecular weight is 339 g/mol. The minimum atomic E-state index is 0.0173. The van der Waals surface area contributed by atoms with Crippen LogP contribution in [0.5, 0.6) is 0 Å². The van der Waals surface area contributed by atoms with Crippen LogP contribution >= 0.6 is 11.6 Å². The first-order valence-electron chi connectivity index (χ1n) is 8.29. The lowest BCUT2D eigenvalue weighted by atomic mass is 10.1. The Morgan fingerprint density at radius 2 is 1.96 bits per heavy atom. The van der Waals surface area contributed by atoms with Gasteiger partial charge in [0.1, 0.15) is 0 Å². The fourth-order valence-corrected chi connectivity index (χ4v) is 3.66. The van der Waals surface area contributed by atoms with E-state index in [1.807, 2.05) is 4.57 Å². The summed E-state index contributed by atoms with van der Waals surface area (Å²) < 4.78 is 1.90. The topological polar surface area (TPSA) is 34.0 Å². The van der Waals surface area contributed by atoms with Crippen molar-refractivity contribution in [3.05, 3.63) is 69.9 Å². The van der Waals surface area contributed by atoms with Crippen molar-refractivity contribution in [2.45, 2.75) is 26.3 Å². The number of nitrogens with zero attached hydrogens (tertiary/aromatic N) is 1. The van der Waals surface area contributed by atoms with Crippen molar-refractivity contribution in [1.29, 1.82) is 0 Å². The molecule has 0 radical (unpaired) electrons. The SMILES string of the molecule is Cc1ccc2c(c1)c1c(n2C(=O)c2ccc(Cl)cc2)CCCNC1. The summed E-state index contributed by atoms with van der Waals surface area (Å²) in [5.41, 5.74) is 5.27. The van der Waals surface area contributed by atoms with E-state index in [2.05, 4.69) is 30.4 Å². The van der Waals surface area contributed by atoms with Gasteiger partial charge in [-0.3, -0.25) is 9.36 Å². The van der Waals surface area contributed by atoms with Crippen LogP contribution in [-0.2, 0) is 13.0 Å². The molecule has 1 N–H and O–H groups in total. The number of carbonyl (C=O) groups is 1. The fraction of sp³-hybridized carbons (Fsp3) is 0.250. The molecule has 4 rings (SSSR count). The Bertz CT molecular complexity index is 925. The van der Waals surface area contributed by atoms with Crippen LogP contribution in [0.4, 0.5) is 0 Å². The van der Waals surface area contributed by atoms with Gasteiger partial charge in [-0.25, -0.2) is 0 Å². The second-order valence-corrected chi connectivity index (χ2v) is 6.81. The van der Waals surface area contributed by atoms with Gasteiger partial charge in [0, 0.05) is 28.2 Å². The van der Waals surface area contributed by atoms with Crippen molar-refractivity contribution < 1.29 is 4.79 Å². The number of rotatable bonds is 1. The molecule has 2 aromatic carbocycles. The third-order valence-electron chi connectivity index (χ3n) is 4.70. The van der Waals surface area contributed by atoms with Crippen LogP contribution in [-0.4, -0.2) is 17.0 Å². The molecule has 4 heteroatoms. The molecule has 0 saturated carbocycles. The highest BCUT2D eigenvalue weighted by Crippen LogP contribution is 2.30. The lowest BCUT2D eigenvalue weighted by Crippen LogP contribution is -2.15.